The Kier molecular flexibility index (Phi) is 4.73. The van der Waals surface area contributed by atoms with Gasteiger partial charge in [-0.2, -0.15) is 18.3 Å². The maximum absolute atomic E-state index is 13.8. The van der Waals surface area contributed by atoms with Crippen molar-refractivity contribution < 1.29 is 27.5 Å². The molecule has 2 heterocycles. The molecule has 0 bridgehead atoms. The van der Waals surface area contributed by atoms with Crippen molar-refractivity contribution >= 4 is 17.3 Å². The van der Waals surface area contributed by atoms with Gasteiger partial charge in [0.2, 0.25) is 5.78 Å². The molecule has 3 aromatic rings. The number of aromatic nitrogens is 2. The van der Waals surface area contributed by atoms with E-state index < -0.39 is 34.7 Å². The Labute approximate surface area is 152 Å². The highest BCUT2D eigenvalue weighted by Gasteiger charge is 2.43. The molecule has 0 saturated heterocycles. The molecule has 3 rings (SSSR count). The predicted molar refractivity (Wildman–Crippen MR) is 90.8 cm³/mol. The molecule has 0 amide bonds. The first-order valence-electron chi connectivity index (χ1n) is 8.11. The molecule has 0 aliphatic carbocycles. The molecule has 27 heavy (non-hydrogen) atoms. The van der Waals surface area contributed by atoms with E-state index in [9.17, 15) is 22.8 Å². The molecule has 0 spiro atoms. The van der Waals surface area contributed by atoms with Gasteiger partial charge in [-0.25, -0.2) is 9.31 Å². The number of halogens is 3. The second-order valence-corrected chi connectivity index (χ2v) is 5.83. The van der Waals surface area contributed by atoms with E-state index in [0.29, 0.717) is 0 Å². The number of ketones is 1. The summed E-state index contributed by atoms with van der Waals surface area (Å²) >= 11 is 0. The summed E-state index contributed by atoms with van der Waals surface area (Å²) in [5.41, 5.74) is -1.89. The van der Waals surface area contributed by atoms with Crippen molar-refractivity contribution in [1.29, 1.82) is 0 Å². The van der Waals surface area contributed by atoms with Crippen molar-refractivity contribution in [2.24, 2.45) is 0 Å². The number of hydrogen-bond donors (Lipinski definition) is 0. The smallest absolute Gasteiger partial charge is 0.419 e. The number of ether oxygens (including phenoxy) is 1. The summed E-state index contributed by atoms with van der Waals surface area (Å²) in [7, 11) is 0. The van der Waals surface area contributed by atoms with Gasteiger partial charge >= 0.3 is 12.1 Å². The van der Waals surface area contributed by atoms with Gasteiger partial charge in [0.05, 0.1) is 17.7 Å². The van der Waals surface area contributed by atoms with E-state index in [1.807, 2.05) is 6.92 Å². The van der Waals surface area contributed by atoms with Crippen LogP contribution in [-0.2, 0) is 10.9 Å². The number of fused-ring (bicyclic) bond motifs is 1. The number of carbonyl (C=O) groups is 2. The van der Waals surface area contributed by atoms with E-state index in [4.69, 9.17) is 4.74 Å². The minimum atomic E-state index is -4.87. The topological polar surface area (TPSA) is 60.7 Å². The van der Waals surface area contributed by atoms with Crippen LogP contribution in [0.4, 0.5) is 13.2 Å². The third-order valence-electron chi connectivity index (χ3n) is 4.00. The lowest BCUT2D eigenvalue weighted by atomic mass is 10.0. The van der Waals surface area contributed by atoms with E-state index in [-0.39, 0.29) is 17.7 Å². The van der Waals surface area contributed by atoms with Crippen molar-refractivity contribution in [3.63, 3.8) is 0 Å². The van der Waals surface area contributed by atoms with Crippen molar-refractivity contribution in [3.05, 3.63) is 70.5 Å². The quantitative estimate of drug-likeness (QED) is 0.509. The molecule has 0 atom stereocenters. The van der Waals surface area contributed by atoms with Crippen LogP contribution in [0.1, 0.15) is 44.5 Å². The van der Waals surface area contributed by atoms with Crippen LogP contribution in [0, 0.1) is 6.92 Å². The number of esters is 1. The fourth-order valence-corrected chi connectivity index (χ4v) is 2.83. The number of alkyl halides is 3. The molecule has 0 aliphatic rings. The Morgan fingerprint density at radius 3 is 2.41 bits per heavy atom. The summed E-state index contributed by atoms with van der Waals surface area (Å²) in [6, 6.07) is 8.75. The Hall–Kier alpha value is -3.16. The number of benzene rings is 1. The van der Waals surface area contributed by atoms with E-state index in [2.05, 4.69) is 5.10 Å². The lowest BCUT2D eigenvalue weighted by Gasteiger charge is -2.09. The average molecular weight is 376 g/mol. The summed E-state index contributed by atoms with van der Waals surface area (Å²) in [5, 5.41) is 3.87. The second-order valence-electron chi connectivity index (χ2n) is 5.83. The minimum absolute atomic E-state index is 0.131. The standard InChI is InChI=1S/C19H15F3N2O3/c1-3-27-18(26)14-15(19(20,21)22)13-5-4-10-23-24(13)16(14)17(25)12-8-6-11(2)7-9-12/h4-10H,3H2,1-2H3. The summed E-state index contributed by atoms with van der Waals surface area (Å²) in [5.74, 6) is -1.96. The highest BCUT2D eigenvalue weighted by molar-refractivity contribution is 6.15. The van der Waals surface area contributed by atoms with Gasteiger partial charge < -0.3 is 4.74 Å². The zero-order valence-corrected chi connectivity index (χ0v) is 14.5. The number of hydrogen-bond acceptors (Lipinski definition) is 4. The molecule has 8 heteroatoms. The molecule has 140 valence electrons. The maximum Gasteiger partial charge on any atom is 0.419 e. The monoisotopic (exact) mass is 376 g/mol. The number of carbonyl (C=O) groups excluding carboxylic acids is 2. The predicted octanol–water partition coefficient (Wildman–Crippen LogP) is 4.07. The SMILES string of the molecule is CCOC(=O)c1c(C(F)(F)F)c2cccnn2c1C(=O)c1ccc(C)cc1. The Balaban J connectivity index is 2.36. The lowest BCUT2D eigenvalue weighted by Crippen LogP contribution is -2.17. The molecular formula is C19H15F3N2O3. The fraction of sp³-hybridized carbons (Fsp3) is 0.211. The average Bonchev–Trinajstić information content (AvgIpc) is 2.97. The number of rotatable bonds is 4. The van der Waals surface area contributed by atoms with Crippen LogP contribution in [0.15, 0.2) is 42.6 Å². The van der Waals surface area contributed by atoms with Crippen LogP contribution in [0.2, 0.25) is 0 Å². The summed E-state index contributed by atoms with van der Waals surface area (Å²) in [6.07, 6.45) is -3.63. The largest absolute Gasteiger partial charge is 0.462 e. The maximum atomic E-state index is 13.8. The van der Waals surface area contributed by atoms with Crippen LogP contribution >= 0.6 is 0 Å². The molecule has 1 aromatic carbocycles. The van der Waals surface area contributed by atoms with Crippen LogP contribution in [-0.4, -0.2) is 28.0 Å². The number of aryl methyl sites for hydroxylation is 1. The van der Waals surface area contributed by atoms with Crippen molar-refractivity contribution in [1.82, 2.24) is 9.61 Å². The van der Waals surface area contributed by atoms with E-state index in [1.165, 1.54) is 31.3 Å². The molecule has 0 aliphatic heterocycles. The van der Waals surface area contributed by atoms with Gasteiger partial charge in [-0.1, -0.05) is 29.8 Å². The first-order chi connectivity index (χ1) is 12.8. The first kappa shape index (κ1) is 18.6. The zero-order valence-electron chi connectivity index (χ0n) is 14.5. The molecule has 5 nitrogen and oxygen atoms in total. The van der Waals surface area contributed by atoms with Crippen LogP contribution in [0.3, 0.4) is 0 Å². The Morgan fingerprint density at radius 2 is 1.81 bits per heavy atom. The zero-order chi connectivity index (χ0) is 19.8. The van der Waals surface area contributed by atoms with Gasteiger partial charge in [0.25, 0.3) is 0 Å². The molecular weight excluding hydrogens is 361 g/mol. The summed E-state index contributed by atoms with van der Waals surface area (Å²) in [6.45, 7) is 3.16. The molecule has 2 aromatic heterocycles. The summed E-state index contributed by atoms with van der Waals surface area (Å²) in [4.78, 5) is 25.4. The fourth-order valence-electron chi connectivity index (χ4n) is 2.83. The second kappa shape index (κ2) is 6.86. The molecule has 0 fully saturated rings. The molecule has 0 saturated carbocycles. The van der Waals surface area contributed by atoms with Gasteiger partial charge in [-0.05, 0) is 26.0 Å². The Morgan fingerprint density at radius 1 is 1.15 bits per heavy atom. The van der Waals surface area contributed by atoms with Gasteiger partial charge in [0.1, 0.15) is 11.3 Å². The van der Waals surface area contributed by atoms with E-state index in [1.54, 1.807) is 12.1 Å². The van der Waals surface area contributed by atoms with Gasteiger partial charge in [-0.3, -0.25) is 4.79 Å². The summed E-state index contributed by atoms with van der Waals surface area (Å²) < 4.78 is 46.9. The third-order valence-corrected chi connectivity index (χ3v) is 4.00. The van der Waals surface area contributed by atoms with Gasteiger partial charge in [0, 0.05) is 11.8 Å². The van der Waals surface area contributed by atoms with E-state index >= 15 is 0 Å². The number of nitrogens with zero attached hydrogens (tertiary/aromatic N) is 2. The first-order valence-corrected chi connectivity index (χ1v) is 8.11. The van der Waals surface area contributed by atoms with Crippen molar-refractivity contribution in [2.45, 2.75) is 20.0 Å². The highest BCUT2D eigenvalue weighted by Crippen LogP contribution is 2.39. The Bertz CT molecular complexity index is 1020. The van der Waals surface area contributed by atoms with E-state index in [0.717, 1.165) is 16.1 Å². The van der Waals surface area contributed by atoms with Crippen LogP contribution in [0.5, 0.6) is 0 Å². The van der Waals surface area contributed by atoms with Gasteiger partial charge in [0.15, 0.2) is 0 Å². The van der Waals surface area contributed by atoms with Gasteiger partial charge in [-0.15, -0.1) is 0 Å². The molecule has 0 unspecified atom stereocenters. The molecule has 0 radical (unpaired) electrons. The minimum Gasteiger partial charge on any atom is -0.462 e. The third kappa shape index (κ3) is 3.30. The lowest BCUT2D eigenvalue weighted by molar-refractivity contribution is -0.136. The van der Waals surface area contributed by atoms with Crippen molar-refractivity contribution in [2.75, 3.05) is 6.61 Å². The van der Waals surface area contributed by atoms with Crippen LogP contribution in [0.25, 0.3) is 5.52 Å². The highest BCUT2D eigenvalue weighted by atomic mass is 19.4. The van der Waals surface area contributed by atoms with Crippen molar-refractivity contribution in [3.8, 4) is 0 Å². The van der Waals surface area contributed by atoms with Crippen LogP contribution < -0.4 is 0 Å². The molecule has 0 N–H and O–H groups in total. The normalized spacial score (nSPS) is 11.6.